The first-order valence-electron chi connectivity index (χ1n) is 9.21. The van der Waals surface area contributed by atoms with Crippen molar-refractivity contribution in [2.24, 2.45) is 0 Å². The van der Waals surface area contributed by atoms with Crippen LogP contribution in [-0.4, -0.2) is 53.7 Å². The number of aromatic nitrogens is 2. The van der Waals surface area contributed by atoms with Gasteiger partial charge in [-0.25, -0.2) is 9.78 Å². The molecule has 6 nitrogen and oxygen atoms in total. The van der Waals surface area contributed by atoms with E-state index in [9.17, 15) is 4.79 Å². The number of fused-ring (bicyclic) bond motifs is 1. The van der Waals surface area contributed by atoms with E-state index < -0.39 is 0 Å². The Labute approximate surface area is 160 Å². The Morgan fingerprint density at radius 2 is 1.89 bits per heavy atom. The zero-order valence-electron chi connectivity index (χ0n) is 16.4. The fraction of sp³-hybridized carbons (Fsp3) is 0.333. The molecular formula is C21H27N5O. The number of anilines is 2. The van der Waals surface area contributed by atoms with Gasteiger partial charge in [0.15, 0.2) is 5.82 Å². The van der Waals surface area contributed by atoms with Crippen LogP contribution < -0.4 is 10.2 Å². The van der Waals surface area contributed by atoms with Gasteiger partial charge >= 0.3 is 6.03 Å². The molecule has 0 saturated carbocycles. The van der Waals surface area contributed by atoms with Crippen LogP contribution in [0.15, 0.2) is 54.9 Å². The summed E-state index contributed by atoms with van der Waals surface area (Å²) < 4.78 is 1.70. The number of pyridine rings is 1. The number of carbonyl (C=O) groups is 1. The predicted molar refractivity (Wildman–Crippen MR) is 112 cm³/mol. The second-order valence-corrected chi connectivity index (χ2v) is 7.04. The van der Waals surface area contributed by atoms with Crippen molar-refractivity contribution in [1.29, 1.82) is 0 Å². The van der Waals surface area contributed by atoms with Crippen LogP contribution >= 0.6 is 0 Å². The summed E-state index contributed by atoms with van der Waals surface area (Å²) >= 11 is 0. The number of hydrogen-bond acceptors (Lipinski definition) is 4. The average Bonchev–Trinajstić information content (AvgIpc) is 3.09. The van der Waals surface area contributed by atoms with Gasteiger partial charge in [-0.05, 0) is 38.1 Å². The number of amides is 1. The topological polar surface area (TPSA) is 53.4 Å². The van der Waals surface area contributed by atoms with Crippen molar-refractivity contribution in [3.05, 3.63) is 54.9 Å². The number of para-hydroxylation sites is 1. The molecule has 0 fully saturated rings. The molecule has 2 heterocycles. The summed E-state index contributed by atoms with van der Waals surface area (Å²) in [6, 6.07) is 14.1. The summed E-state index contributed by atoms with van der Waals surface area (Å²) in [7, 11) is 3.83. The molecule has 0 aliphatic rings. The van der Waals surface area contributed by atoms with Gasteiger partial charge in [0.25, 0.3) is 0 Å². The van der Waals surface area contributed by atoms with Gasteiger partial charge in [0, 0.05) is 51.0 Å². The van der Waals surface area contributed by atoms with Gasteiger partial charge in [-0.15, -0.1) is 0 Å². The molecule has 1 amide bonds. The quantitative estimate of drug-likeness (QED) is 0.720. The van der Waals surface area contributed by atoms with E-state index in [-0.39, 0.29) is 6.03 Å². The van der Waals surface area contributed by atoms with Crippen molar-refractivity contribution in [2.75, 3.05) is 37.4 Å². The van der Waals surface area contributed by atoms with Crippen LogP contribution in [0.3, 0.4) is 0 Å². The SMILES string of the molecule is CC(C)Nc1cccnc1N(C)CCN(C)C(=O)n1ccc2ccccc21. The maximum Gasteiger partial charge on any atom is 0.328 e. The number of benzene rings is 1. The number of likely N-dealkylation sites (N-methyl/N-ethyl adjacent to an activating group) is 2. The number of hydrogen-bond donors (Lipinski definition) is 1. The molecule has 0 aliphatic heterocycles. The van der Waals surface area contributed by atoms with Crippen LogP contribution in [0.2, 0.25) is 0 Å². The molecule has 0 unspecified atom stereocenters. The zero-order chi connectivity index (χ0) is 19.4. The van der Waals surface area contributed by atoms with Crippen LogP contribution in [0.5, 0.6) is 0 Å². The highest BCUT2D eigenvalue weighted by Crippen LogP contribution is 2.22. The van der Waals surface area contributed by atoms with Crippen molar-refractivity contribution in [2.45, 2.75) is 19.9 Å². The maximum absolute atomic E-state index is 12.8. The van der Waals surface area contributed by atoms with Crippen LogP contribution in [0.1, 0.15) is 13.8 Å². The van der Waals surface area contributed by atoms with E-state index >= 15 is 0 Å². The third-order valence-electron chi connectivity index (χ3n) is 4.50. The number of nitrogens with one attached hydrogen (secondary N) is 1. The summed E-state index contributed by atoms with van der Waals surface area (Å²) in [5.74, 6) is 0.887. The first-order chi connectivity index (χ1) is 13.0. The molecule has 0 saturated heterocycles. The highest BCUT2D eigenvalue weighted by Gasteiger charge is 2.15. The van der Waals surface area contributed by atoms with Crippen molar-refractivity contribution in [3.8, 4) is 0 Å². The lowest BCUT2D eigenvalue weighted by Crippen LogP contribution is -2.37. The maximum atomic E-state index is 12.8. The molecule has 142 valence electrons. The highest BCUT2D eigenvalue weighted by molar-refractivity contribution is 5.91. The van der Waals surface area contributed by atoms with Crippen molar-refractivity contribution < 1.29 is 4.79 Å². The van der Waals surface area contributed by atoms with E-state index in [1.165, 1.54) is 0 Å². The molecule has 0 atom stereocenters. The molecule has 0 spiro atoms. The van der Waals surface area contributed by atoms with Crippen molar-refractivity contribution >= 4 is 28.4 Å². The minimum absolute atomic E-state index is 0.0360. The Kier molecular flexibility index (Phi) is 5.64. The first-order valence-corrected chi connectivity index (χ1v) is 9.21. The zero-order valence-corrected chi connectivity index (χ0v) is 16.4. The van der Waals surface area contributed by atoms with Gasteiger partial charge in [-0.2, -0.15) is 0 Å². The predicted octanol–water partition coefficient (Wildman–Crippen LogP) is 3.89. The van der Waals surface area contributed by atoms with Crippen LogP contribution in [0.4, 0.5) is 16.3 Å². The van der Waals surface area contributed by atoms with Gasteiger partial charge < -0.3 is 15.1 Å². The number of nitrogens with zero attached hydrogens (tertiary/aromatic N) is 4. The number of carbonyl (C=O) groups excluding carboxylic acids is 1. The summed E-state index contributed by atoms with van der Waals surface area (Å²) in [6.07, 6.45) is 3.62. The fourth-order valence-corrected chi connectivity index (χ4v) is 3.06. The molecule has 27 heavy (non-hydrogen) atoms. The average molecular weight is 365 g/mol. The van der Waals surface area contributed by atoms with E-state index in [1.807, 2.05) is 62.8 Å². The second kappa shape index (κ2) is 8.12. The molecule has 0 aliphatic carbocycles. The van der Waals surface area contributed by atoms with Crippen LogP contribution in [0, 0.1) is 0 Å². The fourth-order valence-electron chi connectivity index (χ4n) is 3.06. The van der Waals surface area contributed by atoms with Gasteiger partial charge in [-0.1, -0.05) is 18.2 Å². The Morgan fingerprint density at radius 1 is 1.11 bits per heavy atom. The van der Waals surface area contributed by atoms with E-state index in [4.69, 9.17) is 0 Å². The molecule has 1 aromatic carbocycles. The lowest BCUT2D eigenvalue weighted by molar-refractivity contribution is 0.212. The lowest BCUT2D eigenvalue weighted by atomic mass is 10.2. The van der Waals surface area contributed by atoms with E-state index in [0.29, 0.717) is 19.1 Å². The molecular weight excluding hydrogens is 338 g/mol. The molecule has 3 aromatic rings. The van der Waals surface area contributed by atoms with Crippen molar-refractivity contribution in [1.82, 2.24) is 14.5 Å². The van der Waals surface area contributed by atoms with Gasteiger partial charge in [0.2, 0.25) is 0 Å². The molecule has 6 heteroatoms. The van der Waals surface area contributed by atoms with Gasteiger partial charge in [0.1, 0.15) is 0 Å². The third kappa shape index (κ3) is 4.22. The second-order valence-electron chi connectivity index (χ2n) is 7.04. The van der Waals surface area contributed by atoms with Crippen molar-refractivity contribution in [3.63, 3.8) is 0 Å². The lowest BCUT2D eigenvalue weighted by Gasteiger charge is -2.25. The van der Waals surface area contributed by atoms with Gasteiger partial charge in [-0.3, -0.25) is 4.57 Å². The molecule has 1 N–H and O–H groups in total. The Balaban J connectivity index is 1.67. The molecule has 0 radical (unpaired) electrons. The van der Waals surface area contributed by atoms with E-state index in [1.54, 1.807) is 15.7 Å². The number of rotatable bonds is 6. The minimum Gasteiger partial charge on any atom is -0.380 e. The summed E-state index contributed by atoms with van der Waals surface area (Å²) in [5, 5.41) is 4.48. The largest absolute Gasteiger partial charge is 0.380 e. The van der Waals surface area contributed by atoms with E-state index in [2.05, 4.69) is 29.0 Å². The molecule has 0 bridgehead atoms. The third-order valence-corrected chi connectivity index (χ3v) is 4.50. The molecule has 3 rings (SSSR count). The Hall–Kier alpha value is -3.02. The highest BCUT2D eigenvalue weighted by atomic mass is 16.2. The summed E-state index contributed by atoms with van der Waals surface area (Å²) in [6.45, 7) is 5.49. The monoisotopic (exact) mass is 365 g/mol. The smallest absolute Gasteiger partial charge is 0.328 e. The standard InChI is InChI=1S/C21H27N5O/c1-16(2)23-18-9-7-12-22-20(18)24(3)14-15-25(4)21(27)26-13-11-17-8-5-6-10-19(17)26/h5-13,16,23H,14-15H2,1-4H3. The molecule has 2 aromatic heterocycles. The Morgan fingerprint density at radius 3 is 2.67 bits per heavy atom. The first kappa shape index (κ1) is 18.8. The Bertz CT molecular complexity index is 918. The van der Waals surface area contributed by atoms with E-state index in [0.717, 1.165) is 22.4 Å². The van der Waals surface area contributed by atoms with Crippen LogP contribution in [-0.2, 0) is 0 Å². The normalized spacial score (nSPS) is 11.0. The minimum atomic E-state index is -0.0360. The summed E-state index contributed by atoms with van der Waals surface area (Å²) in [4.78, 5) is 21.1. The van der Waals surface area contributed by atoms with Gasteiger partial charge in [0.05, 0.1) is 11.2 Å². The summed E-state index contributed by atoms with van der Waals surface area (Å²) in [5.41, 5.74) is 1.93. The van der Waals surface area contributed by atoms with Crippen LogP contribution in [0.25, 0.3) is 10.9 Å².